The number of nitrogens with one attached hydrogen (secondary N) is 1. The molecule has 1 aliphatic rings. The molecule has 1 rings (SSSR count). The molecule has 0 unspecified atom stereocenters. The van der Waals surface area contributed by atoms with Gasteiger partial charge in [0.1, 0.15) is 5.78 Å². The zero-order chi connectivity index (χ0) is 13.6. The first-order chi connectivity index (χ1) is 7.70. The van der Waals surface area contributed by atoms with Gasteiger partial charge in [-0.25, -0.2) is 0 Å². The second-order valence-electron chi connectivity index (χ2n) is 2.38. The fourth-order valence-electron chi connectivity index (χ4n) is 0.911. The second kappa shape index (κ2) is 18.6. The summed E-state index contributed by atoms with van der Waals surface area (Å²) in [6.07, 6.45) is 0. The van der Waals surface area contributed by atoms with Gasteiger partial charge in [-0.05, 0) is 6.92 Å². The minimum absolute atomic E-state index is 0.00944. The van der Waals surface area contributed by atoms with E-state index in [0.29, 0.717) is 13.2 Å². The highest BCUT2D eigenvalue weighted by molar-refractivity contribution is 8.60. The van der Waals surface area contributed by atoms with Gasteiger partial charge in [0.2, 0.25) is 5.91 Å². The highest BCUT2D eigenvalue weighted by Crippen LogP contribution is 1.93. The predicted molar refractivity (Wildman–Crippen MR) is 89.2 cm³/mol. The third-order valence-electron chi connectivity index (χ3n) is 1.35. The third-order valence-corrected chi connectivity index (χ3v) is 1.35. The standard InChI is InChI=1S/C6H10N2O2.3H2S2/c1-5(9)3-8-4-7-2-6(8)10;3*1-2/h7H,2-4H2,1H3;3*1-2H. The third kappa shape index (κ3) is 13.3. The molecule has 1 saturated heterocycles. The van der Waals surface area contributed by atoms with Gasteiger partial charge >= 0.3 is 0 Å². The number of carbonyl (C=O) groups excluding carboxylic acids is 2. The number of ketones is 1. The van der Waals surface area contributed by atoms with Crippen molar-refractivity contribution in [3.05, 3.63) is 0 Å². The summed E-state index contributed by atoms with van der Waals surface area (Å²) in [6, 6.07) is 0. The molecule has 0 atom stereocenters. The Hall–Kier alpha value is 1.20. The van der Waals surface area contributed by atoms with Crippen LogP contribution in [0.1, 0.15) is 6.92 Å². The summed E-state index contributed by atoms with van der Waals surface area (Å²) in [5.74, 6) is 0.0345. The molecular formula is C6H16N2O2S6. The SMILES string of the molecule is CC(=O)CN1CNCC1=O.SS.SS.SS. The zero-order valence-electron chi connectivity index (χ0n) is 8.57. The van der Waals surface area contributed by atoms with Crippen molar-refractivity contribution >= 4 is 81.7 Å². The number of hydrogen-bond donors (Lipinski definition) is 7. The number of hydrogen-bond acceptors (Lipinski definition) is 9. The molecule has 0 radical (unpaired) electrons. The van der Waals surface area contributed by atoms with Gasteiger partial charge in [0.25, 0.3) is 0 Å². The van der Waals surface area contributed by atoms with Gasteiger partial charge in [-0.3, -0.25) is 14.9 Å². The van der Waals surface area contributed by atoms with Crippen LogP contribution in [0.25, 0.3) is 0 Å². The minimum atomic E-state index is 0.00944. The Bertz CT molecular complexity index is 182. The van der Waals surface area contributed by atoms with Crippen molar-refractivity contribution in [2.75, 3.05) is 19.8 Å². The number of carbonyl (C=O) groups is 2. The average Bonchev–Trinajstić information content (AvgIpc) is 2.72. The Kier molecular flexibility index (Phi) is 26.0. The smallest absolute Gasteiger partial charge is 0.238 e. The Morgan fingerprint density at radius 3 is 1.94 bits per heavy atom. The van der Waals surface area contributed by atoms with Crippen molar-refractivity contribution in [1.82, 2.24) is 10.2 Å². The fraction of sp³-hybridized carbons (Fsp3) is 0.667. The lowest BCUT2D eigenvalue weighted by Crippen LogP contribution is -2.30. The monoisotopic (exact) mass is 340 g/mol. The number of thiol groups is 6. The molecule has 0 aromatic rings. The normalized spacial score (nSPS) is 12.4. The summed E-state index contributed by atoms with van der Waals surface area (Å²) in [5.41, 5.74) is 0. The van der Waals surface area contributed by atoms with E-state index < -0.39 is 0 Å². The van der Waals surface area contributed by atoms with E-state index in [1.165, 1.54) is 11.8 Å². The minimum Gasteiger partial charge on any atom is -0.321 e. The number of Topliss-reactive ketones (excluding diaryl/α,β-unsaturated/α-hetero) is 1. The molecule has 1 heterocycles. The number of amides is 1. The van der Waals surface area contributed by atoms with Crippen molar-refractivity contribution < 1.29 is 9.59 Å². The molecule has 0 saturated carbocycles. The van der Waals surface area contributed by atoms with Gasteiger partial charge in [-0.15, -0.1) is 70.0 Å². The van der Waals surface area contributed by atoms with Crippen molar-refractivity contribution in [3.63, 3.8) is 0 Å². The lowest BCUT2D eigenvalue weighted by molar-refractivity contribution is -0.130. The van der Waals surface area contributed by atoms with Crippen molar-refractivity contribution in [3.8, 4) is 0 Å². The highest BCUT2D eigenvalue weighted by atomic mass is 33.1. The summed E-state index contributed by atoms with van der Waals surface area (Å²) in [7, 11) is 0. The lowest BCUT2D eigenvalue weighted by Gasteiger charge is -2.10. The Morgan fingerprint density at radius 2 is 1.69 bits per heavy atom. The van der Waals surface area contributed by atoms with E-state index in [9.17, 15) is 9.59 Å². The Morgan fingerprint density at radius 1 is 1.25 bits per heavy atom. The van der Waals surface area contributed by atoms with Crippen LogP contribution in [0.2, 0.25) is 0 Å². The van der Waals surface area contributed by atoms with Crippen LogP contribution >= 0.6 is 70.0 Å². The number of rotatable bonds is 2. The van der Waals surface area contributed by atoms with Crippen LogP contribution in [0.15, 0.2) is 0 Å². The first kappa shape index (κ1) is 22.4. The van der Waals surface area contributed by atoms with Gasteiger partial charge in [-0.2, -0.15) is 0 Å². The van der Waals surface area contributed by atoms with Crippen molar-refractivity contribution in [2.45, 2.75) is 6.92 Å². The van der Waals surface area contributed by atoms with E-state index in [1.54, 1.807) is 0 Å². The van der Waals surface area contributed by atoms with E-state index in [1.807, 2.05) is 0 Å². The molecule has 16 heavy (non-hydrogen) atoms. The molecular weight excluding hydrogens is 324 g/mol. The molecule has 1 amide bonds. The molecule has 0 aromatic heterocycles. The first-order valence-corrected chi connectivity index (χ1v) is 8.58. The molecule has 1 fully saturated rings. The number of nitrogens with zero attached hydrogens (tertiary/aromatic N) is 1. The largest absolute Gasteiger partial charge is 0.321 e. The Balaban J connectivity index is -0.000000245. The molecule has 0 spiro atoms. The topological polar surface area (TPSA) is 49.4 Å². The molecule has 1 aliphatic heterocycles. The average molecular weight is 341 g/mol. The van der Waals surface area contributed by atoms with E-state index >= 15 is 0 Å². The van der Waals surface area contributed by atoms with Gasteiger partial charge in [0, 0.05) is 0 Å². The quantitative estimate of drug-likeness (QED) is 0.306. The summed E-state index contributed by atoms with van der Waals surface area (Å²) in [4.78, 5) is 22.8. The summed E-state index contributed by atoms with van der Waals surface area (Å²) < 4.78 is 0. The van der Waals surface area contributed by atoms with Crippen LogP contribution in [0.3, 0.4) is 0 Å². The van der Waals surface area contributed by atoms with Crippen LogP contribution < -0.4 is 5.32 Å². The van der Waals surface area contributed by atoms with Gasteiger partial charge in [-0.1, -0.05) is 0 Å². The van der Waals surface area contributed by atoms with E-state index in [-0.39, 0.29) is 18.2 Å². The lowest BCUT2D eigenvalue weighted by atomic mass is 10.4. The molecule has 98 valence electrons. The maximum Gasteiger partial charge on any atom is 0.238 e. The highest BCUT2D eigenvalue weighted by Gasteiger charge is 2.19. The predicted octanol–water partition coefficient (Wildman–Crippen LogP) is 1.25. The van der Waals surface area contributed by atoms with Gasteiger partial charge < -0.3 is 4.90 Å². The van der Waals surface area contributed by atoms with Gasteiger partial charge in [0.15, 0.2) is 0 Å². The zero-order valence-corrected chi connectivity index (χ0v) is 13.9. The first-order valence-electron chi connectivity index (χ1n) is 3.78. The summed E-state index contributed by atoms with van der Waals surface area (Å²) in [5, 5.41) is 2.85. The van der Waals surface area contributed by atoms with E-state index in [0.717, 1.165) is 0 Å². The summed E-state index contributed by atoms with van der Waals surface area (Å²) >= 11 is 19.3. The molecule has 10 heteroatoms. The van der Waals surface area contributed by atoms with Crippen molar-refractivity contribution in [1.29, 1.82) is 0 Å². The van der Waals surface area contributed by atoms with E-state index in [4.69, 9.17) is 0 Å². The van der Waals surface area contributed by atoms with Gasteiger partial charge in [0.05, 0.1) is 19.8 Å². The second-order valence-corrected chi connectivity index (χ2v) is 2.38. The molecule has 0 aliphatic carbocycles. The molecule has 4 nitrogen and oxygen atoms in total. The van der Waals surface area contributed by atoms with Crippen LogP contribution in [0.5, 0.6) is 0 Å². The molecule has 0 bridgehead atoms. The fourth-order valence-corrected chi connectivity index (χ4v) is 0.911. The molecule has 0 aromatic carbocycles. The molecule has 1 N–H and O–H groups in total. The Labute approximate surface area is 127 Å². The summed E-state index contributed by atoms with van der Waals surface area (Å²) in [6.45, 7) is 2.60. The van der Waals surface area contributed by atoms with Crippen LogP contribution in [-0.2, 0) is 9.59 Å². The van der Waals surface area contributed by atoms with Crippen LogP contribution in [0.4, 0.5) is 0 Å². The van der Waals surface area contributed by atoms with Crippen LogP contribution in [-0.4, -0.2) is 36.3 Å². The van der Waals surface area contributed by atoms with Crippen LogP contribution in [0, 0.1) is 0 Å². The van der Waals surface area contributed by atoms with Crippen molar-refractivity contribution in [2.24, 2.45) is 0 Å². The maximum atomic E-state index is 10.8. The maximum absolute atomic E-state index is 10.8. The van der Waals surface area contributed by atoms with E-state index in [2.05, 4.69) is 75.3 Å².